The van der Waals surface area contributed by atoms with Crippen LogP contribution in [0.15, 0.2) is 24.3 Å². The number of anilines is 1. The topological polar surface area (TPSA) is 70.3 Å². The highest BCUT2D eigenvalue weighted by Gasteiger charge is 2.22. The number of ether oxygens (including phenoxy) is 2. The zero-order valence-electron chi connectivity index (χ0n) is 13.7. The summed E-state index contributed by atoms with van der Waals surface area (Å²) in [6.07, 6.45) is 5.65. The largest absolute Gasteiger partial charge is 0.497 e. The molecule has 1 aliphatic rings. The predicted molar refractivity (Wildman–Crippen MR) is 90.0 cm³/mol. The highest BCUT2D eigenvalue weighted by Crippen LogP contribution is 2.37. The Hall–Kier alpha value is -2.30. The van der Waals surface area contributed by atoms with Crippen molar-refractivity contribution in [2.45, 2.75) is 38.0 Å². The molecule has 1 aromatic heterocycles. The van der Waals surface area contributed by atoms with Crippen LogP contribution in [0.1, 0.15) is 48.4 Å². The SMILES string of the molecule is COc1ccc(Cc2nnc(N)cc2C2CCCC2)c(OC)c1. The zero-order chi connectivity index (χ0) is 16.2. The van der Waals surface area contributed by atoms with Crippen molar-refractivity contribution in [1.82, 2.24) is 10.2 Å². The molecule has 1 aliphatic carbocycles. The van der Waals surface area contributed by atoms with Gasteiger partial charge in [0.25, 0.3) is 0 Å². The number of benzene rings is 1. The van der Waals surface area contributed by atoms with Crippen LogP contribution in [0.2, 0.25) is 0 Å². The molecule has 0 radical (unpaired) electrons. The second-order valence-corrected chi connectivity index (χ2v) is 6.01. The molecule has 0 amide bonds. The van der Waals surface area contributed by atoms with E-state index in [1.165, 1.54) is 31.2 Å². The lowest BCUT2D eigenvalue weighted by Crippen LogP contribution is -2.07. The van der Waals surface area contributed by atoms with E-state index in [1.54, 1.807) is 14.2 Å². The van der Waals surface area contributed by atoms with Crippen molar-refractivity contribution in [2.24, 2.45) is 0 Å². The van der Waals surface area contributed by atoms with Gasteiger partial charge in [0.1, 0.15) is 17.3 Å². The molecule has 122 valence electrons. The summed E-state index contributed by atoms with van der Waals surface area (Å²) in [5.41, 5.74) is 9.18. The van der Waals surface area contributed by atoms with Crippen molar-refractivity contribution >= 4 is 5.82 Å². The van der Waals surface area contributed by atoms with E-state index in [4.69, 9.17) is 15.2 Å². The van der Waals surface area contributed by atoms with Gasteiger partial charge in [-0.15, -0.1) is 5.10 Å². The van der Waals surface area contributed by atoms with Gasteiger partial charge in [0.15, 0.2) is 0 Å². The number of methoxy groups -OCH3 is 2. The number of nitrogen functional groups attached to an aromatic ring is 1. The lowest BCUT2D eigenvalue weighted by Gasteiger charge is -2.16. The van der Waals surface area contributed by atoms with E-state index in [2.05, 4.69) is 10.2 Å². The standard InChI is InChI=1S/C18H23N3O2/c1-22-14-8-7-13(17(10-14)23-2)9-16-15(11-18(19)21-20-16)12-5-3-4-6-12/h7-8,10-12H,3-6,9H2,1-2H3,(H2,19,21). The highest BCUT2D eigenvalue weighted by molar-refractivity contribution is 5.45. The van der Waals surface area contributed by atoms with Crippen molar-refractivity contribution < 1.29 is 9.47 Å². The normalized spacial score (nSPS) is 14.9. The van der Waals surface area contributed by atoms with Crippen LogP contribution >= 0.6 is 0 Å². The first-order valence-corrected chi connectivity index (χ1v) is 8.04. The Morgan fingerprint density at radius 2 is 1.87 bits per heavy atom. The van der Waals surface area contributed by atoms with E-state index in [1.807, 2.05) is 24.3 Å². The number of rotatable bonds is 5. The van der Waals surface area contributed by atoms with Gasteiger partial charge < -0.3 is 15.2 Å². The van der Waals surface area contributed by atoms with Crippen LogP contribution in [0, 0.1) is 0 Å². The van der Waals surface area contributed by atoms with Crippen LogP contribution in [0.5, 0.6) is 11.5 Å². The van der Waals surface area contributed by atoms with Gasteiger partial charge in [0.2, 0.25) is 0 Å². The molecule has 3 rings (SSSR count). The van der Waals surface area contributed by atoms with Crippen LogP contribution in [0.3, 0.4) is 0 Å². The zero-order valence-corrected chi connectivity index (χ0v) is 13.7. The first-order valence-electron chi connectivity index (χ1n) is 8.04. The first kappa shape index (κ1) is 15.6. The van der Waals surface area contributed by atoms with Crippen molar-refractivity contribution in [2.75, 3.05) is 20.0 Å². The summed E-state index contributed by atoms with van der Waals surface area (Å²) < 4.78 is 10.8. The molecular weight excluding hydrogens is 290 g/mol. The molecule has 0 atom stereocenters. The van der Waals surface area contributed by atoms with Gasteiger partial charge in [-0.3, -0.25) is 0 Å². The lowest BCUT2D eigenvalue weighted by atomic mass is 9.93. The summed E-state index contributed by atoms with van der Waals surface area (Å²) in [7, 11) is 3.32. The second-order valence-electron chi connectivity index (χ2n) is 6.01. The minimum Gasteiger partial charge on any atom is -0.497 e. The second kappa shape index (κ2) is 6.86. The molecule has 0 unspecified atom stereocenters. The summed E-state index contributed by atoms with van der Waals surface area (Å²) in [4.78, 5) is 0. The van der Waals surface area contributed by atoms with Gasteiger partial charge in [0, 0.05) is 18.1 Å². The maximum atomic E-state index is 5.87. The third kappa shape index (κ3) is 3.38. The van der Waals surface area contributed by atoms with Gasteiger partial charge in [0.05, 0.1) is 19.9 Å². The summed E-state index contributed by atoms with van der Waals surface area (Å²) >= 11 is 0. The van der Waals surface area contributed by atoms with Gasteiger partial charge in [-0.25, -0.2) is 0 Å². The Morgan fingerprint density at radius 1 is 1.09 bits per heavy atom. The average molecular weight is 313 g/mol. The maximum Gasteiger partial charge on any atom is 0.146 e. The van der Waals surface area contributed by atoms with Gasteiger partial charge >= 0.3 is 0 Å². The molecule has 2 N–H and O–H groups in total. The van der Waals surface area contributed by atoms with Crippen LogP contribution in [0.4, 0.5) is 5.82 Å². The molecule has 0 spiro atoms. The van der Waals surface area contributed by atoms with E-state index in [9.17, 15) is 0 Å². The number of aromatic nitrogens is 2. The molecule has 0 saturated heterocycles. The quantitative estimate of drug-likeness (QED) is 0.917. The van der Waals surface area contributed by atoms with Gasteiger partial charge in [-0.1, -0.05) is 18.9 Å². The molecular formula is C18H23N3O2. The number of hydrogen-bond acceptors (Lipinski definition) is 5. The van der Waals surface area contributed by atoms with Crippen LogP contribution < -0.4 is 15.2 Å². The minimum atomic E-state index is 0.498. The monoisotopic (exact) mass is 313 g/mol. The van der Waals surface area contributed by atoms with Gasteiger partial charge in [-0.05, 0) is 36.5 Å². The Kier molecular flexibility index (Phi) is 4.65. The van der Waals surface area contributed by atoms with E-state index in [0.717, 1.165) is 22.8 Å². The van der Waals surface area contributed by atoms with Crippen LogP contribution in [-0.4, -0.2) is 24.4 Å². The van der Waals surface area contributed by atoms with Crippen LogP contribution in [-0.2, 0) is 6.42 Å². The highest BCUT2D eigenvalue weighted by atomic mass is 16.5. The van der Waals surface area contributed by atoms with Crippen molar-refractivity contribution in [3.05, 3.63) is 41.1 Å². The molecule has 0 aliphatic heterocycles. The first-order chi connectivity index (χ1) is 11.2. The molecule has 2 aromatic rings. The summed E-state index contributed by atoms with van der Waals surface area (Å²) in [6.45, 7) is 0. The fourth-order valence-electron chi connectivity index (χ4n) is 3.35. The summed E-state index contributed by atoms with van der Waals surface area (Å²) in [5.74, 6) is 2.63. The molecule has 23 heavy (non-hydrogen) atoms. The molecule has 1 saturated carbocycles. The Balaban J connectivity index is 1.93. The van der Waals surface area contributed by atoms with Crippen molar-refractivity contribution in [1.29, 1.82) is 0 Å². The summed E-state index contributed by atoms with van der Waals surface area (Å²) in [5, 5.41) is 8.43. The minimum absolute atomic E-state index is 0.498. The van der Waals surface area contributed by atoms with E-state index < -0.39 is 0 Å². The van der Waals surface area contributed by atoms with Crippen molar-refractivity contribution in [3.8, 4) is 11.5 Å². The Labute approximate surface area is 136 Å². The fraction of sp³-hybridized carbons (Fsp3) is 0.444. The number of hydrogen-bond donors (Lipinski definition) is 1. The Bertz CT molecular complexity index is 682. The predicted octanol–water partition coefficient (Wildman–Crippen LogP) is 3.32. The van der Waals surface area contributed by atoms with E-state index >= 15 is 0 Å². The fourth-order valence-corrected chi connectivity index (χ4v) is 3.35. The molecule has 1 aromatic carbocycles. The average Bonchev–Trinajstić information content (AvgIpc) is 3.11. The maximum absolute atomic E-state index is 5.87. The van der Waals surface area contributed by atoms with E-state index in [-0.39, 0.29) is 0 Å². The molecule has 1 fully saturated rings. The number of nitrogens with two attached hydrogens (primary N) is 1. The third-order valence-electron chi connectivity index (χ3n) is 4.57. The Morgan fingerprint density at radius 3 is 2.57 bits per heavy atom. The van der Waals surface area contributed by atoms with Crippen LogP contribution in [0.25, 0.3) is 0 Å². The van der Waals surface area contributed by atoms with Crippen molar-refractivity contribution in [3.63, 3.8) is 0 Å². The third-order valence-corrected chi connectivity index (χ3v) is 4.57. The number of nitrogens with zero attached hydrogens (tertiary/aromatic N) is 2. The summed E-state index contributed by atoms with van der Waals surface area (Å²) in [6, 6.07) is 7.86. The lowest BCUT2D eigenvalue weighted by molar-refractivity contribution is 0.391. The smallest absolute Gasteiger partial charge is 0.146 e. The molecule has 0 bridgehead atoms. The molecule has 5 heteroatoms. The molecule has 5 nitrogen and oxygen atoms in total. The molecule has 1 heterocycles. The van der Waals surface area contributed by atoms with Gasteiger partial charge in [-0.2, -0.15) is 5.10 Å². The van der Waals surface area contributed by atoms with E-state index in [0.29, 0.717) is 18.2 Å².